The zero-order chi connectivity index (χ0) is 19.5. The highest BCUT2D eigenvalue weighted by Crippen LogP contribution is 2.20. The van der Waals surface area contributed by atoms with Gasteiger partial charge in [-0.15, -0.1) is 0 Å². The maximum absolute atomic E-state index is 12.8. The quantitative estimate of drug-likeness (QED) is 0.738. The average Bonchev–Trinajstić information content (AvgIpc) is 3.37. The number of hydrogen-bond donors (Lipinski definition) is 1. The molecule has 0 saturated carbocycles. The number of hydrogen-bond acceptors (Lipinski definition) is 5. The Morgan fingerprint density at radius 2 is 2.04 bits per heavy atom. The van der Waals surface area contributed by atoms with E-state index < -0.39 is 0 Å². The fourth-order valence-electron chi connectivity index (χ4n) is 3.04. The van der Waals surface area contributed by atoms with Crippen molar-refractivity contribution in [1.29, 1.82) is 0 Å². The van der Waals surface area contributed by atoms with Crippen molar-refractivity contribution in [2.24, 2.45) is 0 Å². The van der Waals surface area contributed by atoms with Crippen LogP contribution in [0.4, 0.5) is 10.5 Å². The van der Waals surface area contributed by atoms with Crippen LogP contribution in [0.25, 0.3) is 11.4 Å². The second-order valence-electron chi connectivity index (χ2n) is 6.47. The van der Waals surface area contributed by atoms with Crippen molar-refractivity contribution in [1.82, 2.24) is 20.4 Å². The molecule has 142 valence electrons. The minimum absolute atomic E-state index is 0.155. The third-order valence-corrected chi connectivity index (χ3v) is 4.48. The molecule has 1 N–H and O–H groups in total. The van der Waals surface area contributed by atoms with Gasteiger partial charge >= 0.3 is 6.03 Å². The van der Waals surface area contributed by atoms with Gasteiger partial charge in [-0.2, -0.15) is 4.98 Å². The Hall–Kier alpha value is -3.68. The molecule has 1 fully saturated rings. The van der Waals surface area contributed by atoms with E-state index in [9.17, 15) is 9.59 Å². The Balaban J connectivity index is 1.47. The molecule has 0 bridgehead atoms. The van der Waals surface area contributed by atoms with E-state index >= 15 is 0 Å². The number of carbonyl (C=O) groups excluding carboxylic acids is 2. The normalized spacial score (nSPS) is 13.5. The molecule has 2 heterocycles. The Labute approximate surface area is 161 Å². The molecule has 0 unspecified atom stereocenters. The summed E-state index contributed by atoms with van der Waals surface area (Å²) in [5.41, 5.74) is 2.03. The van der Waals surface area contributed by atoms with Crippen LogP contribution in [0, 0.1) is 0 Å². The smallest absolute Gasteiger partial charge is 0.321 e. The summed E-state index contributed by atoms with van der Waals surface area (Å²) in [6, 6.07) is 16.4. The van der Waals surface area contributed by atoms with Crippen molar-refractivity contribution in [3.63, 3.8) is 0 Å². The number of benzene rings is 2. The van der Waals surface area contributed by atoms with Crippen molar-refractivity contribution in [3.05, 3.63) is 66.1 Å². The Morgan fingerprint density at radius 3 is 2.79 bits per heavy atom. The number of nitrogens with one attached hydrogen (secondary N) is 1. The molecular weight excluding hydrogens is 358 g/mol. The zero-order valence-electron chi connectivity index (χ0n) is 15.3. The van der Waals surface area contributed by atoms with Gasteiger partial charge in [0.1, 0.15) is 0 Å². The first-order chi connectivity index (χ1) is 13.6. The van der Waals surface area contributed by atoms with Crippen LogP contribution in [-0.4, -0.2) is 47.1 Å². The molecular formula is C20H19N5O3. The monoisotopic (exact) mass is 377 g/mol. The molecule has 4 rings (SSSR count). The van der Waals surface area contributed by atoms with Gasteiger partial charge in [-0.25, -0.2) is 4.79 Å². The van der Waals surface area contributed by atoms with Crippen LogP contribution in [0.1, 0.15) is 16.2 Å². The highest BCUT2D eigenvalue weighted by atomic mass is 16.5. The van der Waals surface area contributed by atoms with E-state index in [0.29, 0.717) is 36.1 Å². The third kappa shape index (κ3) is 3.57. The van der Waals surface area contributed by atoms with E-state index in [-0.39, 0.29) is 18.5 Å². The van der Waals surface area contributed by atoms with Gasteiger partial charge in [0.15, 0.2) is 0 Å². The molecule has 0 atom stereocenters. The van der Waals surface area contributed by atoms with E-state index in [1.165, 1.54) is 4.90 Å². The van der Waals surface area contributed by atoms with Crippen molar-refractivity contribution < 1.29 is 14.1 Å². The molecule has 1 aliphatic rings. The van der Waals surface area contributed by atoms with Crippen LogP contribution >= 0.6 is 0 Å². The van der Waals surface area contributed by atoms with Crippen LogP contribution in [0.15, 0.2) is 59.1 Å². The maximum atomic E-state index is 12.8. The summed E-state index contributed by atoms with van der Waals surface area (Å²) >= 11 is 0. The Morgan fingerprint density at radius 1 is 1.21 bits per heavy atom. The zero-order valence-corrected chi connectivity index (χ0v) is 15.3. The Bertz CT molecular complexity index is 1000. The SMILES string of the molecule is CN(Cc1nc(-c2ccccc2)no1)C(=O)c1cccc(N2CCNC2=O)c1. The molecule has 0 spiro atoms. The number of aromatic nitrogens is 2. The summed E-state index contributed by atoms with van der Waals surface area (Å²) in [5, 5.41) is 6.72. The minimum Gasteiger partial charge on any atom is -0.337 e. The molecule has 0 aliphatic carbocycles. The summed E-state index contributed by atoms with van der Waals surface area (Å²) in [5.74, 6) is 0.643. The second-order valence-corrected chi connectivity index (χ2v) is 6.47. The lowest BCUT2D eigenvalue weighted by molar-refractivity contribution is 0.0769. The molecule has 3 aromatic rings. The van der Waals surface area contributed by atoms with Crippen molar-refractivity contribution in [2.75, 3.05) is 25.0 Å². The molecule has 1 aromatic heterocycles. The molecule has 0 radical (unpaired) electrons. The van der Waals surface area contributed by atoms with Gasteiger partial charge in [0.25, 0.3) is 5.91 Å². The summed E-state index contributed by atoms with van der Waals surface area (Å²) in [7, 11) is 1.67. The maximum Gasteiger partial charge on any atom is 0.321 e. The third-order valence-electron chi connectivity index (χ3n) is 4.48. The number of nitrogens with zero attached hydrogens (tertiary/aromatic N) is 4. The van der Waals surface area contributed by atoms with E-state index in [1.807, 2.05) is 36.4 Å². The Kier molecular flexibility index (Phi) is 4.76. The largest absolute Gasteiger partial charge is 0.337 e. The first-order valence-corrected chi connectivity index (χ1v) is 8.91. The van der Waals surface area contributed by atoms with Crippen LogP contribution in [0.5, 0.6) is 0 Å². The summed E-state index contributed by atoms with van der Waals surface area (Å²) in [4.78, 5) is 32.1. The van der Waals surface area contributed by atoms with E-state index in [4.69, 9.17) is 4.52 Å². The summed E-state index contributed by atoms with van der Waals surface area (Å²) in [6.45, 7) is 1.36. The van der Waals surface area contributed by atoms with Gasteiger partial charge in [0, 0.05) is 37.0 Å². The molecule has 8 nitrogen and oxygen atoms in total. The van der Waals surface area contributed by atoms with Gasteiger partial charge in [0.2, 0.25) is 11.7 Å². The van der Waals surface area contributed by atoms with Crippen molar-refractivity contribution in [3.8, 4) is 11.4 Å². The molecule has 2 aromatic carbocycles. The predicted molar refractivity (Wildman–Crippen MR) is 103 cm³/mol. The molecule has 28 heavy (non-hydrogen) atoms. The van der Waals surface area contributed by atoms with Crippen LogP contribution in [0.2, 0.25) is 0 Å². The number of urea groups is 1. The van der Waals surface area contributed by atoms with Crippen LogP contribution in [0.3, 0.4) is 0 Å². The number of rotatable bonds is 5. The van der Waals surface area contributed by atoms with E-state index in [2.05, 4.69) is 15.5 Å². The molecule has 1 saturated heterocycles. The first kappa shape index (κ1) is 17.7. The van der Waals surface area contributed by atoms with E-state index in [1.54, 1.807) is 30.1 Å². The molecule has 3 amide bonds. The highest BCUT2D eigenvalue weighted by molar-refractivity contribution is 5.98. The number of amides is 3. The van der Waals surface area contributed by atoms with Gasteiger partial charge in [-0.05, 0) is 18.2 Å². The molecule has 8 heteroatoms. The minimum atomic E-state index is -0.194. The lowest BCUT2D eigenvalue weighted by Crippen LogP contribution is -2.29. The fraction of sp³-hybridized carbons (Fsp3) is 0.200. The van der Waals surface area contributed by atoms with Gasteiger partial charge < -0.3 is 14.7 Å². The number of carbonyl (C=O) groups is 2. The van der Waals surface area contributed by atoms with Gasteiger partial charge in [-0.3, -0.25) is 9.69 Å². The number of anilines is 1. The molecule has 1 aliphatic heterocycles. The highest BCUT2D eigenvalue weighted by Gasteiger charge is 2.23. The lowest BCUT2D eigenvalue weighted by Gasteiger charge is -2.18. The summed E-state index contributed by atoms with van der Waals surface area (Å²) < 4.78 is 5.28. The topological polar surface area (TPSA) is 91.6 Å². The standard InChI is InChI=1S/C20H19N5O3/c1-24(13-17-22-18(23-28-17)14-6-3-2-4-7-14)19(26)15-8-5-9-16(12-15)25-11-10-21-20(25)27/h2-9,12H,10-11,13H2,1H3,(H,21,27). The predicted octanol–water partition coefficient (Wildman–Crippen LogP) is 2.54. The first-order valence-electron chi connectivity index (χ1n) is 8.91. The summed E-state index contributed by atoms with van der Waals surface area (Å²) in [6.07, 6.45) is 0. The van der Waals surface area contributed by atoms with Crippen LogP contribution in [-0.2, 0) is 6.54 Å². The van der Waals surface area contributed by atoms with Crippen LogP contribution < -0.4 is 10.2 Å². The van der Waals surface area contributed by atoms with E-state index in [0.717, 1.165) is 5.56 Å². The van der Waals surface area contributed by atoms with Crippen molar-refractivity contribution >= 4 is 17.6 Å². The van der Waals surface area contributed by atoms with Gasteiger partial charge in [0.05, 0.1) is 6.54 Å². The van der Waals surface area contributed by atoms with Crippen molar-refractivity contribution in [2.45, 2.75) is 6.54 Å². The van der Waals surface area contributed by atoms with Gasteiger partial charge in [-0.1, -0.05) is 41.6 Å². The fourth-order valence-corrected chi connectivity index (χ4v) is 3.04. The average molecular weight is 377 g/mol. The lowest BCUT2D eigenvalue weighted by atomic mass is 10.1. The second kappa shape index (κ2) is 7.51.